The Kier molecular flexibility index (Phi) is 7.48. The van der Waals surface area contributed by atoms with E-state index in [0.29, 0.717) is 18.8 Å². The largest absolute Gasteiger partial charge is 0.494 e. The summed E-state index contributed by atoms with van der Waals surface area (Å²) in [6.07, 6.45) is -4.48. The number of anilines is 2. The molecule has 2 rings (SSSR count). The van der Waals surface area contributed by atoms with Crippen LogP contribution in [-0.4, -0.2) is 24.6 Å². The van der Waals surface area contributed by atoms with Gasteiger partial charge in [0.15, 0.2) is 0 Å². The Hall–Kier alpha value is -3.03. The van der Waals surface area contributed by atoms with Crippen LogP contribution < -0.4 is 15.4 Å². The van der Waals surface area contributed by atoms with Crippen molar-refractivity contribution >= 4 is 23.2 Å². The topological polar surface area (TPSA) is 67.4 Å². The van der Waals surface area contributed by atoms with Crippen LogP contribution in [0.3, 0.4) is 0 Å². The minimum Gasteiger partial charge on any atom is -0.494 e. The van der Waals surface area contributed by atoms with Crippen molar-refractivity contribution in [3.05, 3.63) is 54.1 Å². The van der Waals surface area contributed by atoms with Gasteiger partial charge in [-0.1, -0.05) is 45.0 Å². The molecule has 162 valence electrons. The lowest BCUT2D eigenvalue weighted by Crippen LogP contribution is -2.30. The number of para-hydroxylation sites is 2. The Morgan fingerprint density at radius 2 is 1.47 bits per heavy atom. The molecule has 0 radical (unpaired) electrons. The van der Waals surface area contributed by atoms with E-state index in [4.69, 9.17) is 4.74 Å². The SMILES string of the molecule is CC(C)(C)c1ccc(OCCCC(=O)Nc2ccccc2NC(=O)C(F)(F)F)cc1. The first kappa shape index (κ1) is 23.3. The third kappa shape index (κ3) is 7.09. The van der Waals surface area contributed by atoms with E-state index in [1.807, 2.05) is 24.3 Å². The van der Waals surface area contributed by atoms with E-state index in [1.165, 1.54) is 23.8 Å². The second-order valence-electron chi connectivity index (χ2n) is 7.77. The molecule has 0 aliphatic carbocycles. The highest BCUT2D eigenvalue weighted by atomic mass is 19.4. The molecule has 0 fully saturated rings. The molecule has 0 saturated heterocycles. The molecule has 0 spiro atoms. The summed E-state index contributed by atoms with van der Waals surface area (Å²) in [4.78, 5) is 23.2. The number of carbonyl (C=O) groups is 2. The van der Waals surface area contributed by atoms with Gasteiger partial charge in [0.05, 0.1) is 18.0 Å². The Labute approximate surface area is 173 Å². The van der Waals surface area contributed by atoms with Crippen LogP contribution in [0.5, 0.6) is 5.75 Å². The molecule has 0 aliphatic rings. The molecule has 30 heavy (non-hydrogen) atoms. The van der Waals surface area contributed by atoms with Gasteiger partial charge in [-0.15, -0.1) is 0 Å². The van der Waals surface area contributed by atoms with Crippen molar-refractivity contribution in [3.63, 3.8) is 0 Å². The van der Waals surface area contributed by atoms with Gasteiger partial charge in [-0.3, -0.25) is 9.59 Å². The van der Waals surface area contributed by atoms with E-state index < -0.39 is 18.0 Å². The fourth-order valence-corrected chi connectivity index (χ4v) is 2.58. The quantitative estimate of drug-likeness (QED) is 0.597. The van der Waals surface area contributed by atoms with Crippen molar-refractivity contribution < 1.29 is 27.5 Å². The van der Waals surface area contributed by atoms with Crippen molar-refractivity contribution in [3.8, 4) is 5.75 Å². The average Bonchev–Trinajstić information content (AvgIpc) is 2.65. The van der Waals surface area contributed by atoms with Crippen molar-refractivity contribution in [2.45, 2.75) is 45.2 Å². The number of hydrogen-bond acceptors (Lipinski definition) is 3. The van der Waals surface area contributed by atoms with Gasteiger partial charge in [-0.25, -0.2) is 0 Å². The summed E-state index contributed by atoms with van der Waals surface area (Å²) in [5.74, 6) is -1.80. The maximum Gasteiger partial charge on any atom is 0.471 e. The molecule has 0 atom stereocenters. The number of ether oxygens (including phenoxy) is 1. The van der Waals surface area contributed by atoms with Gasteiger partial charge in [-0.05, 0) is 41.7 Å². The first-order valence-corrected chi connectivity index (χ1v) is 9.47. The van der Waals surface area contributed by atoms with Crippen molar-refractivity contribution in [1.82, 2.24) is 0 Å². The molecule has 0 bridgehead atoms. The first-order chi connectivity index (χ1) is 14.0. The Morgan fingerprint density at radius 1 is 0.900 bits per heavy atom. The summed E-state index contributed by atoms with van der Waals surface area (Å²) in [7, 11) is 0. The number of benzene rings is 2. The molecule has 0 heterocycles. The van der Waals surface area contributed by atoms with E-state index in [0.717, 1.165) is 0 Å². The summed E-state index contributed by atoms with van der Waals surface area (Å²) in [6.45, 7) is 6.67. The Bertz CT molecular complexity index is 872. The second kappa shape index (κ2) is 9.65. The molecule has 0 unspecified atom stereocenters. The summed E-state index contributed by atoms with van der Waals surface area (Å²) in [5, 5.41) is 4.27. The van der Waals surface area contributed by atoms with Crippen molar-refractivity contribution in [2.75, 3.05) is 17.2 Å². The van der Waals surface area contributed by atoms with E-state index in [1.54, 1.807) is 11.4 Å². The van der Waals surface area contributed by atoms with Crippen LogP contribution in [0, 0.1) is 0 Å². The number of carbonyl (C=O) groups excluding carboxylic acids is 2. The molecule has 0 aliphatic heterocycles. The van der Waals surface area contributed by atoms with Crippen LogP contribution in [0.25, 0.3) is 0 Å². The van der Waals surface area contributed by atoms with E-state index in [9.17, 15) is 22.8 Å². The number of halogens is 3. The second-order valence-corrected chi connectivity index (χ2v) is 7.77. The maximum atomic E-state index is 12.4. The van der Waals surface area contributed by atoms with Crippen molar-refractivity contribution in [1.29, 1.82) is 0 Å². The van der Waals surface area contributed by atoms with Gasteiger partial charge in [0.25, 0.3) is 0 Å². The summed E-state index contributed by atoms with van der Waals surface area (Å²) < 4.78 is 43.0. The molecule has 2 N–H and O–H groups in total. The smallest absolute Gasteiger partial charge is 0.471 e. The summed E-state index contributed by atoms with van der Waals surface area (Å²) >= 11 is 0. The normalized spacial score (nSPS) is 11.7. The fourth-order valence-electron chi connectivity index (χ4n) is 2.58. The summed E-state index contributed by atoms with van der Waals surface area (Å²) in [5.41, 5.74) is 1.21. The molecule has 2 amide bonds. The van der Waals surface area contributed by atoms with Crippen LogP contribution in [0.15, 0.2) is 48.5 Å². The highest BCUT2D eigenvalue weighted by Gasteiger charge is 2.39. The molecule has 8 heteroatoms. The van der Waals surface area contributed by atoms with Crippen LogP contribution in [-0.2, 0) is 15.0 Å². The predicted octanol–water partition coefficient (Wildman–Crippen LogP) is 5.28. The zero-order valence-electron chi connectivity index (χ0n) is 17.1. The third-order valence-corrected chi connectivity index (χ3v) is 4.24. The molecule has 5 nitrogen and oxygen atoms in total. The molecule has 2 aromatic rings. The van der Waals surface area contributed by atoms with Gasteiger partial charge < -0.3 is 15.4 Å². The zero-order valence-corrected chi connectivity index (χ0v) is 17.1. The lowest BCUT2D eigenvalue weighted by molar-refractivity contribution is -0.167. The van der Waals surface area contributed by atoms with E-state index >= 15 is 0 Å². The molecular weight excluding hydrogens is 397 g/mol. The number of alkyl halides is 3. The first-order valence-electron chi connectivity index (χ1n) is 9.47. The average molecular weight is 422 g/mol. The monoisotopic (exact) mass is 422 g/mol. The lowest BCUT2D eigenvalue weighted by Gasteiger charge is -2.19. The van der Waals surface area contributed by atoms with Gasteiger partial charge in [-0.2, -0.15) is 13.2 Å². The summed E-state index contributed by atoms with van der Waals surface area (Å²) in [6, 6.07) is 13.4. The van der Waals surface area contributed by atoms with Gasteiger partial charge in [0.2, 0.25) is 5.91 Å². The van der Waals surface area contributed by atoms with Gasteiger partial charge in [0, 0.05) is 6.42 Å². The van der Waals surface area contributed by atoms with Crippen LogP contribution in [0.2, 0.25) is 0 Å². The fraction of sp³-hybridized carbons (Fsp3) is 0.364. The van der Waals surface area contributed by atoms with Crippen LogP contribution in [0.1, 0.15) is 39.2 Å². The highest BCUT2D eigenvalue weighted by molar-refractivity contribution is 6.01. The van der Waals surface area contributed by atoms with Crippen molar-refractivity contribution in [2.24, 2.45) is 0 Å². The Balaban J connectivity index is 1.82. The number of rotatable bonds is 7. The lowest BCUT2D eigenvalue weighted by atomic mass is 9.87. The minimum absolute atomic E-state index is 0.0481. The van der Waals surface area contributed by atoms with Crippen LogP contribution in [0.4, 0.5) is 24.5 Å². The van der Waals surface area contributed by atoms with E-state index in [2.05, 4.69) is 26.1 Å². The van der Waals surface area contributed by atoms with Gasteiger partial charge >= 0.3 is 12.1 Å². The minimum atomic E-state index is -5.01. The zero-order chi connectivity index (χ0) is 22.4. The molecule has 2 aromatic carbocycles. The predicted molar refractivity (Wildman–Crippen MR) is 110 cm³/mol. The van der Waals surface area contributed by atoms with E-state index in [-0.39, 0.29) is 23.2 Å². The maximum absolute atomic E-state index is 12.4. The standard InChI is InChI=1S/C22H25F3N2O3/c1-21(2,3)15-10-12-16(13-11-15)30-14-6-9-19(28)26-17-7-4-5-8-18(17)27-20(29)22(23,24)25/h4-5,7-8,10-13H,6,9,14H2,1-3H3,(H,26,28)(H,27,29). The third-order valence-electron chi connectivity index (χ3n) is 4.24. The number of amides is 2. The van der Waals surface area contributed by atoms with Gasteiger partial charge in [0.1, 0.15) is 5.75 Å². The highest BCUT2D eigenvalue weighted by Crippen LogP contribution is 2.25. The Morgan fingerprint density at radius 3 is 2.00 bits per heavy atom. The molecule has 0 saturated carbocycles. The number of hydrogen-bond donors (Lipinski definition) is 2. The molecule has 0 aromatic heterocycles. The number of nitrogens with one attached hydrogen (secondary N) is 2. The molecular formula is C22H25F3N2O3. The van der Waals surface area contributed by atoms with Crippen LogP contribution >= 0.6 is 0 Å².